The summed E-state index contributed by atoms with van der Waals surface area (Å²) in [7, 11) is 0. The van der Waals surface area contributed by atoms with E-state index >= 15 is 0 Å². The maximum absolute atomic E-state index is 12.3. The van der Waals surface area contributed by atoms with Gasteiger partial charge in [0.1, 0.15) is 23.5 Å². The van der Waals surface area contributed by atoms with Crippen LogP contribution in [0.2, 0.25) is 0 Å². The Morgan fingerprint density at radius 3 is 2.97 bits per heavy atom. The van der Waals surface area contributed by atoms with Gasteiger partial charge in [-0.1, -0.05) is 12.1 Å². The van der Waals surface area contributed by atoms with Crippen molar-refractivity contribution in [1.29, 1.82) is 0 Å². The Hall–Kier alpha value is -3.61. The third kappa shape index (κ3) is 3.47. The van der Waals surface area contributed by atoms with Gasteiger partial charge in [0.2, 0.25) is 0 Å². The summed E-state index contributed by atoms with van der Waals surface area (Å²) in [6, 6.07) is 13.8. The molecule has 0 radical (unpaired) electrons. The van der Waals surface area contributed by atoms with Gasteiger partial charge in [-0.05, 0) is 48.7 Å². The Labute approximate surface area is 168 Å². The van der Waals surface area contributed by atoms with Gasteiger partial charge < -0.3 is 20.2 Å². The molecular weight excluding hydrogens is 364 g/mol. The van der Waals surface area contributed by atoms with Crippen molar-refractivity contribution >= 4 is 28.4 Å². The number of nitrogens with one attached hydrogen (secondary N) is 3. The maximum Gasteiger partial charge on any atom is 0.272 e. The van der Waals surface area contributed by atoms with Gasteiger partial charge in [0.05, 0.1) is 5.39 Å². The zero-order valence-electron chi connectivity index (χ0n) is 15.9. The molecule has 29 heavy (non-hydrogen) atoms. The highest BCUT2D eigenvalue weighted by Crippen LogP contribution is 2.32. The molecule has 1 amide bonds. The van der Waals surface area contributed by atoms with Crippen molar-refractivity contribution in [2.24, 2.45) is 0 Å². The summed E-state index contributed by atoms with van der Waals surface area (Å²) >= 11 is 0. The number of carbonyl (C=O) groups is 1. The monoisotopic (exact) mass is 386 g/mol. The average molecular weight is 386 g/mol. The predicted octanol–water partition coefficient (Wildman–Crippen LogP) is 3.92. The molecule has 5 rings (SSSR count). The van der Waals surface area contributed by atoms with Crippen LogP contribution in [0.5, 0.6) is 0 Å². The number of fused-ring (bicyclic) bond motifs is 1. The number of benzene rings is 1. The van der Waals surface area contributed by atoms with Crippen LogP contribution in [0.25, 0.3) is 11.0 Å². The number of piperidine rings is 1. The highest BCUT2D eigenvalue weighted by molar-refractivity contribution is 6.02. The van der Waals surface area contributed by atoms with Crippen molar-refractivity contribution in [2.75, 3.05) is 23.3 Å². The number of nitrogens with zero attached hydrogens (tertiary/aromatic N) is 3. The van der Waals surface area contributed by atoms with E-state index in [-0.39, 0.29) is 5.91 Å². The van der Waals surface area contributed by atoms with Crippen LogP contribution in [0.1, 0.15) is 34.8 Å². The maximum atomic E-state index is 12.3. The number of aromatic amines is 2. The lowest BCUT2D eigenvalue weighted by molar-refractivity contribution is 0.102. The lowest BCUT2D eigenvalue weighted by Gasteiger charge is -2.34. The summed E-state index contributed by atoms with van der Waals surface area (Å²) < 4.78 is 0. The number of hydrogen-bond donors (Lipinski definition) is 3. The van der Waals surface area contributed by atoms with E-state index in [1.165, 1.54) is 5.56 Å². The fraction of sp³-hybridized carbons (Fsp3) is 0.227. The lowest BCUT2D eigenvalue weighted by Crippen LogP contribution is -2.35. The first-order valence-electron chi connectivity index (χ1n) is 9.86. The molecule has 7 heteroatoms. The third-order valence-corrected chi connectivity index (χ3v) is 5.51. The minimum Gasteiger partial charge on any atom is -0.357 e. The molecule has 1 atom stereocenters. The first kappa shape index (κ1) is 17.5. The van der Waals surface area contributed by atoms with Gasteiger partial charge in [0.25, 0.3) is 5.91 Å². The highest BCUT2D eigenvalue weighted by Gasteiger charge is 2.24. The Morgan fingerprint density at radius 1 is 1.10 bits per heavy atom. The van der Waals surface area contributed by atoms with E-state index in [4.69, 9.17) is 0 Å². The van der Waals surface area contributed by atoms with Crippen molar-refractivity contribution in [2.45, 2.75) is 18.8 Å². The summed E-state index contributed by atoms with van der Waals surface area (Å²) in [5.74, 6) is 1.24. The SMILES string of the molecule is O=C(Nc1cccc([C@H]2CCCN(c3ncnc4[nH]ccc34)C2)c1)c1ccc[nH]1. The third-order valence-electron chi connectivity index (χ3n) is 5.51. The molecule has 1 saturated heterocycles. The van der Waals surface area contributed by atoms with Gasteiger partial charge in [0.15, 0.2) is 0 Å². The van der Waals surface area contributed by atoms with E-state index < -0.39 is 0 Å². The van der Waals surface area contributed by atoms with Gasteiger partial charge >= 0.3 is 0 Å². The molecule has 3 N–H and O–H groups in total. The first-order valence-corrected chi connectivity index (χ1v) is 9.86. The number of carbonyl (C=O) groups excluding carboxylic acids is 1. The number of aromatic nitrogens is 4. The average Bonchev–Trinajstić information content (AvgIpc) is 3.46. The number of H-pyrrole nitrogens is 2. The van der Waals surface area contributed by atoms with E-state index in [2.05, 4.69) is 42.3 Å². The number of amides is 1. The molecule has 0 unspecified atom stereocenters. The van der Waals surface area contributed by atoms with E-state index in [0.29, 0.717) is 11.6 Å². The van der Waals surface area contributed by atoms with Crippen molar-refractivity contribution in [3.05, 3.63) is 72.4 Å². The van der Waals surface area contributed by atoms with Crippen LogP contribution in [-0.4, -0.2) is 38.9 Å². The molecule has 4 aromatic rings. The topological polar surface area (TPSA) is 89.7 Å². The zero-order chi connectivity index (χ0) is 19.6. The predicted molar refractivity (Wildman–Crippen MR) is 113 cm³/mol. The van der Waals surface area contributed by atoms with Gasteiger partial charge in [0, 0.05) is 37.1 Å². The van der Waals surface area contributed by atoms with Crippen LogP contribution in [0, 0.1) is 0 Å². The van der Waals surface area contributed by atoms with Crippen LogP contribution in [0.3, 0.4) is 0 Å². The van der Waals surface area contributed by atoms with Crippen molar-refractivity contribution in [3.8, 4) is 0 Å². The molecule has 146 valence electrons. The van der Waals surface area contributed by atoms with Crippen molar-refractivity contribution in [3.63, 3.8) is 0 Å². The number of anilines is 2. The summed E-state index contributed by atoms with van der Waals surface area (Å²) in [5.41, 5.74) is 3.47. The molecule has 0 saturated carbocycles. The van der Waals surface area contributed by atoms with Gasteiger partial charge in [-0.3, -0.25) is 4.79 Å². The Kier molecular flexibility index (Phi) is 4.48. The van der Waals surface area contributed by atoms with E-state index in [1.54, 1.807) is 18.6 Å². The summed E-state index contributed by atoms with van der Waals surface area (Å²) in [5, 5.41) is 4.03. The second kappa shape index (κ2) is 7.43. The molecule has 0 aliphatic carbocycles. The van der Waals surface area contributed by atoms with E-state index in [9.17, 15) is 4.79 Å². The molecule has 1 aliphatic rings. The largest absolute Gasteiger partial charge is 0.357 e. The minimum atomic E-state index is -0.131. The summed E-state index contributed by atoms with van der Waals surface area (Å²) in [6.45, 7) is 1.88. The molecule has 0 spiro atoms. The molecule has 1 fully saturated rings. The van der Waals surface area contributed by atoms with Crippen LogP contribution in [0.15, 0.2) is 61.2 Å². The molecule has 3 aromatic heterocycles. The van der Waals surface area contributed by atoms with Gasteiger partial charge in [-0.25, -0.2) is 9.97 Å². The Morgan fingerprint density at radius 2 is 2.07 bits per heavy atom. The fourth-order valence-electron chi connectivity index (χ4n) is 4.09. The molecule has 0 bridgehead atoms. The standard InChI is InChI=1S/C22H22N6O/c29-22(19-7-2-9-23-19)27-17-6-1-4-15(12-17)16-5-3-11-28(13-16)21-18-8-10-24-20(18)25-14-26-21/h1-2,4,6-10,12,14,16,23H,3,5,11,13H2,(H,27,29)(H,24,25,26)/t16-/m0/s1. The normalized spacial score (nSPS) is 16.8. The minimum absolute atomic E-state index is 0.131. The van der Waals surface area contributed by atoms with Gasteiger partial charge in [-0.2, -0.15) is 0 Å². The second-order valence-corrected chi connectivity index (χ2v) is 7.39. The van der Waals surface area contributed by atoms with Crippen LogP contribution >= 0.6 is 0 Å². The molecular formula is C22H22N6O. The smallest absolute Gasteiger partial charge is 0.272 e. The number of rotatable bonds is 4. The Bertz CT molecular complexity index is 1130. The zero-order valence-corrected chi connectivity index (χ0v) is 15.9. The van der Waals surface area contributed by atoms with Gasteiger partial charge in [-0.15, -0.1) is 0 Å². The van der Waals surface area contributed by atoms with Crippen LogP contribution in [-0.2, 0) is 0 Å². The second-order valence-electron chi connectivity index (χ2n) is 7.39. The van der Waals surface area contributed by atoms with E-state index in [0.717, 1.165) is 48.5 Å². The summed E-state index contributed by atoms with van der Waals surface area (Å²) in [6.07, 6.45) is 7.48. The molecule has 1 aliphatic heterocycles. The lowest BCUT2D eigenvalue weighted by atomic mass is 9.90. The van der Waals surface area contributed by atoms with Crippen LogP contribution in [0.4, 0.5) is 11.5 Å². The summed E-state index contributed by atoms with van der Waals surface area (Å²) in [4.78, 5) is 29.6. The number of hydrogen-bond acceptors (Lipinski definition) is 4. The Balaban J connectivity index is 1.36. The van der Waals surface area contributed by atoms with Crippen molar-refractivity contribution < 1.29 is 4.79 Å². The first-order chi connectivity index (χ1) is 14.3. The highest BCUT2D eigenvalue weighted by atomic mass is 16.1. The van der Waals surface area contributed by atoms with E-state index in [1.807, 2.05) is 30.5 Å². The van der Waals surface area contributed by atoms with Crippen LogP contribution < -0.4 is 10.2 Å². The quantitative estimate of drug-likeness (QED) is 0.496. The molecule has 1 aromatic carbocycles. The van der Waals surface area contributed by atoms with Crippen molar-refractivity contribution in [1.82, 2.24) is 19.9 Å². The molecule has 4 heterocycles. The fourth-order valence-corrected chi connectivity index (χ4v) is 4.09. The molecule has 7 nitrogen and oxygen atoms in total.